The quantitative estimate of drug-likeness (QED) is 0.527. The van der Waals surface area contributed by atoms with Gasteiger partial charge in [0.25, 0.3) is 0 Å². The van der Waals surface area contributed by atoms with Crippen LogP contribution in [0.4, 0.5) is 0 Å². The lowest BCUT2D eigenvalue weighted by Crippen LogP contribution is -2.64. The van der Waals surface area contributed by atoms with Crippen molar-refractivity contribution in [3.63, 3.8) is 0 Å². The molecule has 0 radical (unpaired) electrons. The SMILES string of the molecule is CC(C)(C12CC3CC(CC(O)(C3)C1)C2)C12CC(C(=O)O)C(C1)C1C3C=CC(C3)C12. The van der Waals surface area contributed by atoms with Gasteiger partial charge in [-0.1, -0.05) is 26.0 Å². The summed E-state index contributed by atoms with van der Waals surface area (Å²) in [5.41, 5.74) is 0.0303. The molecule has 3 nitrogen and oxygen atoms in total. The topological polar surface area (TPSA) is 57.5 Å². The minimum atomic E-state index is -0.540. The first kappa shape index (κ1) is 17.8. The van der Waals surface area contributed by atoms with Crippen LogP contribution >= 0.6 is 0 Å². The Morgan fingerprint density at radius 1 is 0.966 bits per heavy atom. The van der Waals surface area contributed by atoms with E-state index in [-0.39, 0.29) is 22.2 Å². The Morgan fingerprint density at radius 3 is 2.31 bits per heavy atom. The first-order chi connectivity index (χ1) is 13.7. The van der Waals surface area contributed by atoms with Crippen LogP contribution in [0.2, 0.25) is 0 Å². The molecule has 0 aromatic carbocycles. The van der Waals surface area contributed by atoms with Gasteiger partial charge in [-0.3, -0.25) is 4.79 Å². The first-order valence-electron chi connectivity index (χ1n) is 12.3. The highest BCUT2D eigenvalue weighted by atomic mass is 16.4. The second-order valence-electron chi connectivity index (χ2n) is 13.3. The molecule has 158 valence electrons. The Hall–Kier alpha value is -0.830. The molecule has 0 aliphatic heterocycles. The zero-order valence-electron chi connectivity index (χ0n) is 17.9. The van der Waals surface area contributed by atoms with E-state index in [1.807, 2.05) is 0 Å². The molecule has 3 heteroatoms. The number of aliphatic carboxylic acids is 1. The largest absolute Gasteiger partial charge is 0.481 e. The molecule has 0 amide bonds. The lowest BCUT2D eigenvalue weighted by Gasteiger charge is -2.69. The van der Waals surface area contributed by atoms with E-state index in [2.05, 4.69) is 26.0 Å². The minimum Gasteiger partial charge on any atom is -0.481 e. The molecular weight excluding hydrogens is 360 g/mol. The zero-order valence-corrected chi connectivity index (χ0v) is 17.9. The molecule has 8 rings (SSSR count). The zero-order chi connectivity index (χ0) is 20.0. The van der Waals surface area contributed by atoms with Gasteiger partial charge in [0.05, 0.1) is 11.5 Å². The van der Waals surface area contributed by atoms with Crippen molar-refractivity contribution in [2.75, 3.05) is 0 Å². The van der Waals surface area contributed by atoms with Crippen LogP contribution in [-0.4, -0.2) is 21.8 Å². The third-order valence-electron chi connectivity index (χ3n) is 12.3. The van der Waals surface area contributed by atoms with Gasteiger partial charge in [0.15, 0.2) is 0 Å². The molecule has 0 heterocycles. The van der Waals surface area contributed by atoms with E-state index < -0.39 is 11.6 Å². The summed E-state index contributed by atoms with van der Waals surface area (Å²) in [7, 11) is 0. The summed E-state index contributed by atoms with van der Waals surface area (Å²) in [4.78, 5) is 12.3. The Bertz CT molecular complexity index is 812. The Kier molecular flexibility index (Phi) is 3.05. The highest BCUT2D eigenvalue weighted by Crippen LogP contribution is 2.81. The average molecular weight is 397 g/mol. The molecule has 0 aromatic heterocycles. The fourth-order valence-electron chi connectivity index (χ4n) is 11.8. The molecule has 9 atom stereocenters. The van der Waals surface area contributed by atoms with E-state index in [9.17, 15) is 15.0 Å². The molecule has 8 bridgehead atoms. The van der Waals surface area contributed by atoms with Gasteiger partial charge in [0, 0.05) is 0 Å². The first-order valence-corrected chi connectivity index (χ1v) is 12.3. The second-order valence-corrected chi connectivity index (χ2v) is 13.3. The number of aliphatic hydroxyl groups is 1. The summed E-state index contributed by atoms with van der Waals surface area (Å²) >= 11 is 0. The van der Waals surface area contributed by atoms with Crippen molar-refractivity contribution in [2.45, 2.75) is 77.2 Å². The second kappa shape index (κ2) is 4.97. The molecule has 7 fully saturated rings. The number of rotatable bonds is 3. The normalized spacial score (nSPS) is 60.9. The number of hydrogen-bond donors (Lipinski definition) is 2. The van der Waals surface area contributed by atoms with Crippen LogP contribution in [0.5, 0.6) is 0 Å². The molecule has 2 N–H and O–H groups in total. The fraction of sp³-hybridized carbons (Fsp3) is 0.885. The van der Waals surface area contributed by atoms with Gasteiger partial charge in [-0.15, -0.1) is 0 Å². The lowest BCUT2D eigenvalue weighted by atomic mass is 9.36. The van der Waals surface area contributed by atoms with Crippen LogP contribution in [0.1, 0.15) is 71.6 Å². The number of carboxylic acid groups (broad SMARTS) is 1. The van der Waals surface area contributed by atoms with Crippen molar-refractivity contribution in [1.29, 1.82) is 0 Å². The Balaban J connectivity index is 1.36. The Morgan fingerprint density at radius 2 is 1.66 bits per heavy atom. The molecule has 29 heavy (non-hydrogen) atoms. The summed E-state index contributed by atoms with van der Waals surface area (Å²) in [6.07, 6.45) is 15.1. The monoisotopic (exact) mass is 396 g/mol. The lowest BCUT2D eigenvalue weighted by molar-refractivity contribution is -0.232. The summed E-state index contributed by atoms with van der Waals surface area (Å²) < 4.78 is 0. The van der Waals surface area contributed by atoms with Crippen LogP contribution in [0.25, 0.3) is 0 Å². The van der Waals surface area contributed by atoms with Crippen LogP contribution in [-0.2, 0) is 4.79 Å². The molecule has 0 saturated heterocycles. The van der Waals surface area contributed by atoms with Crippen LogP contribution in [0.3, 0.4) is 0 Å². The number of fused-ring (bicyclic) bond motifs is 9. The molecule has 7 saturated carbocycles. The van der Waals surface area contributed by atoms with Crippen molar-refractivity contribution >= 4 is 5.97 Å². The molecule has 8 aliphatic rings. The van der Waals surface area contributed by atoms with E-state index in [0.717, 1.165) is 32.1 Å². The van der Waals surface area contributed by atoms with E-state index >= 15 is 0 Å². The van der Waals surface area contributed by atoms with Gasteiger partial charge in [-0.25, -0.2) is 0 Å². The smallest absolute Gasteiger partial charge is 0.306 e. The van der Waals surface area contributed by atoms with Gasteiger partial charge in [0.2, 0.25) is 0 Å². The predicted molar refractivity (Wildman–Crippen MR) is 110 cm³/mol. The van der Waals surface area contributed by atoms with Crippen molar-refractivity contribution < 1.29 is 15.0 Å². The van der Waals surface area contributed by atoms with E-state index in [4.69, 9.17) is 0 Å². The van der Waals surface area contributed by atoms with Crippen molar-refractivity contribution in [1.82, 2.24) is 0 Å². The molecule has 9 unspecified atom stereocenters. The van der Waals surface area contributed by atoms with Crippen LogP contribution in [0.15, 0.2) is 12.2 Å². The number of carboxylic acids is 1. The maximum atomic E-state index is 12.3. The van der Waals surface area contributed by atoms with E-state index in [1.165, 1.54) is 25.7 Å². The standard InChI is InChI=1S/C26H36O3/c1-23(2,24-7-14-5-15(8-24)10-25(29,9-14)13-24)26-11-18(19(12-26)22(27)28)20-16-3-4-17(6-16)21(20)26/h3-4,14-21,29H,5-13H2,1-2H3,(H,27,28). The molecule has 0 spiro atoms. The van der Waals surface area contributed by atoms with Crippen LogP contribution in [0, 0.1) is 63.6 Å². The van der Waals surface area contributed by atoms with Gasteiger partial charge in [-0.05, 0) is 115 Å². The molecule has 8 aliphatic carbocycles. The average Bonchev–Trinajstić information content (AvgIpc) is 3.37. The summed E-state index contributed by atoms with van der Waals surface area (Å²) in [5, 5.41) is 21.6. The van der Waals surface area contributed by atoms with Gasteiger partial charge >= 0.3 is 5.97 Å². The highest BCUT2D eigenvalue weighted by Gasteiger charge is 2.76. The number of hydrogen-bond acceptors (Lipinski definition) is 2. The Labute approximate surface area is 174 Å². The third-order valence-corrected chi connectivity index (χ3v) is 12.3. The molecule has 0 aromatic rings. The molecular formula is C26H36O3. The number of allylic oxidation sites excluding steroid dienone is 2. The van der Waals surface area contributed by atoms with Crippen molar-refractivity contribution in [3.05, 3.63) is 12.2 Å². The maximum absolute atomic E-state index is 12.3. The summed E-state index contributed by atoms with van der Waals surface area (Å²) in [6, 6.07) is 0. The highest BCUT2D eigenvalue weighted by molar-refractivity contribution is 5.71. The van der Waals surface area contributed by atoms with Gasteiger partial charge in [0.1, 0.15) is 0 Å². The van der Waals surface area contributed by atoms with Gasteiger partial charge < -0.3 is 10.2 Å². The fourth-order valence-corrected chi connectivity index (χ4v) is 11.8. The predicted octanol–water partition coefficient (Wildman–Crippen LogP) is 4.89. The minimum absolute atomic E-state index is 0.103. The van der Waals surface area contributed by atoms with Gasteiger partial charge in [-0.2, -0.15) is 0 Å². The summed E-state index contributed by atoms with van der Waals surface area (Å²) in [5.74, 6) is 3.71. The van der Waals surface area contributed by atoms with Crippen molar-refractivity contribution in [3.8, 4) is 0 Å². The van der Waals surface area contributed by atoms with Crippen LogP contribution < -0.4 is 0 Å². The third kappa shape index (κ3) is 1.86. The van der Waals surface area contributed by atoms with E-state index in [1.54, 1.807) is 0 Å². The van der Waals surface area contributed by atoms with E-state index in [0.29, 0.717) is 41.4 Å². The maximum Gasteiger partial charge on any atom is 0.306 e. The summed E-state index contributed by atoms with van der Waals surface area (Å²) in [6.45, 7) is 5.06. The van der Waals surface area contributed by atoms with Crippen molar-refractivity contribution in [2.24, 2.45) is 63.6 Å². The number of carbonyl (C=O) groups is 1.